The predicted molar refractivity (Wildman–Crippen MR) is 125 cm³/mol. The van der Waals surface area contributed by atoms with Crippen LogP contribution in [0.3, 0.4) is 0 Å². The fourth-order valence-electron chi connectivity index (χ4n) is 3.74. The fourth-order valence-corrected chi connectivity index (χ4v) is 4.88. The van der Waals surface area contributed by atoms with Gasteiger partial charge in [0.15, 0.2) is 5.03 Å². The number of amides is 1. The van der Waals surface area contributed by atoms with E-state index >= 15 is 0 Å². The predicted octanol–water partition coefficient (Wildman–Crippen LogP) is 1.03. The summed E-state index contributed by atoms with van der Waals surface area (Å²) in [7, 11) is 3.16. The molecule has 0 saturated heterocycles. The number of aliphatic hydroxyl groups excluding tert-OH is 1. The molecule has 10 nitrogen and oxygen atoms in total. The largest absolute Gasteiger partial charge is 0.488 e. The van der Waals surface area contributed by atoms with Crippen molar-refractivity contribution in [3.05, 3.63) is 36.3 Å². The molecule has 1 aliphatic rings. The monoisotopic (exact) mass is 479 g/mol. The van der Waals surface area contributed by atoms with E-state index in [0.717, 1.165) is 5.69 Å². The van der Waals surface area contributed by atoms with Gasteiger partial charge in [-0.3, -0.25) is 4.79 Å². The molecule has 3 atom stereocenters. The van der Waals surface area contributed by atoms with Gasteiger partial charge >= 0.3 is 0 Å². The number of likely N-dealkylation sites (N-methyl/N-ethyl adjacent to an activating group) is 1. The first kappa shape index (κ1) is 25.0. The van der Waals surface area contributed by atoms with E-state index in [9.17, 15) is 18.3 Å². The van der Waals surface area contributed by atoms with Gasteiger partial charge in [0.25, 0.3) is 15.9 Å². The smallest absolute Gasteiger partial charge is 0.261 e. The van der Waals surface area contributed by atoms with Gasteiger partial charge < -0.3 is 24.2 Å². The molecule has 0 aliphatic carbocycles. The van der Waals surface area contributed by atoms with Crippen molar-refractivity contribution in [3.63, 3.8) is 0 Å². The van der Waals surface area contributed by atoms with Crippen molar-refractivity contribution in [2.24, 2.45) is 13.0 Å². The summed E-state index contributed by atoms with van der Waals surface area (Å²) in [6.07, 6.45) is 2.36. The van der Waals surface area contributed by atoms with Gasteiger partial charge in [-0.1, -0.05) is 6.92 Å². The molecule has 182 valence electrons. The first-order valence-corrected chi connectivity index (χ1v) is 12.2. The van der Waals surface area contributed by atoms with Crippen molar-refractivity contribution in [2.75, 3.05) is 45.7 Å². The Balaban J connectivity index is 1.98. The van der Waals surface area contributed by atoms with E-state index < -0.39 is 22.2 Å². The topological polar surface area (TPSA) is 108 Å². The fraction of sp³-hybridized carbons (Fsp3) is 0.545. The molecule has 2 aromatic rings. The number of hydrogen-bond donors (Lipinski definition) is 1. The summed E-state index contributed by atoms with van der Waals surface area (Å²) < 4.78 is 35.1. The maximum absolute atomic E-state index is 13.4. The molecule has 1 N–H and O–H groups in total. The molecule has 1 aliphatic heterocycles. The second kappa shape index (κ2) is 9.70. The van der Waals surface area contributed by atoms with Crippen LogP contribution in [0.2, 0.25) is 0 Å². The highest BCUT2D eigenvalue weighted by molar-refractivity contribution is 7.89. The van der Waals surface area contributed by atoms with Crippen LogP contribution in [0.15, 0.2) is 35.7 Å². The lowest BCUT2D eigenvalue weighted by atomic mass is 9.99. The van der Waals surface area contributed by atoms with Gasteiger partial charge in [-0.05, 0) is 25.1 Å². The van der Waals surface area contributed by atoms with E-state index in [0.29, 0.717) is 17.9 Å². The minimum atomic E-state index is -3.81. The number of rotatable bonds is 7. The summed E-state index contributed by atoms with van der Waals surface area (Å²) >= 11 is 0. The minimum Gasteiger partial charge on any atom is -0.488 e. The average Bonchev–Trinajstić information content (AvgIpc) is 3.22. The Labute approximate surface area is 195 Å². The highest BCUT2D eigenvalue weighted by Crippen LogP contribution is 2.31. The molecule has 11 heteroatoms. The quantitative estimate of drug-likeness (QED) is 0.632. The SMILES string of the molecule is C[C@H]1CN([C@@H](C)CO)C(=O)c2cc(N(C)C)ccc2O[C@@H]1CN(C)S(=O)(=O)c1cn(C)cn1. The molecule has 0 saturated carbocycles. The van der Waals surface area contributed by atoms with E-state index in [1.54, 1.807) is 35.6 Å². The molecule has 0 spiro atoms. The van der Waals surface area contributed by atoms with E-state index in [1.165, 1.54) is 23.9 Å². The van der Waals surface area contributed by atoms with Crippen LogP contribution in [0.5, 0.6) is 5.75 Å². The van der Waals surface area contributed by atoms with Crippen molar-refractivity contribution in [1.29, 1.82) is 0 Å². The van der Waals surface area contributed by atoms with Gasteiger partial charge in [-0.15, -0.1) is 0 Å². The number of anilines is 1. The van der Waals surface area contributed by atoms with Crippen LogP contribution in [0.1, 0.15) is 24.2 Å². The number of carbonyl (C=O) groups excluding carboxylic acids is 1. The van der Waals surface area contributed by atoms with Gasteiger partial charge in [0.2, 0.25) is 0 Å². The Morgan fingerprint density at radius 1 is 1.30 bits per heavy atom. The zero-order chi connectivity index (χ0) is 24.5. The highest BCUT2D eigenvalue weighted by Gasteiger charge is 2.35. The lowest BCUT2D eigenvalue weighted by molar-refractivity contribution is 0.0387. The van der Waals surface area contributed by atoms with E-state index in [-0.39, 0.29) is 30.0 Å². The third kappa shape index (κ3) is 5.15. The molecule has 0 unspecified atom stereocenters. The summed E-state index contributed by atoms with van der Waals surface area (Å²) in [6, 6.07) is 4.95. The lowest BCUT2D eigenvalue weighted by Gasteiger charge is -2.38. The van der Waals surface area contributed by atoms with Crippen LogP contribution in [-0.2, 0) is 17.1 Å². The van der Waals surface area contributed by atoms with E-state index in [4.69, 9.17) is 4.74 Å². The Hall–Kier alpha value is -2.63. The highest BCUT2D eigenvalue weighted by atomic mass is 32.2. The summed E-state index contributed by atoms with van der Waals surface area (Å²) in [5, 5.41) is 9.73. The number of hydrogen-bond acceptors (Lipinski definition) is 7. The Morgan fingerprint density at radius 3 is 2.58 bits per heavy atom. The van der Waals surface area contributed by atoms with Crippen LogP contribution in [0, 0.1) is 5.92 Å². The molecule has 1 amide bonds. The van der Waals surface area contributed by atoms with Gasteiger partial charge in [0, 0.05) is 52.5 Å². The number of aliphatic hydroxyl groups is 1. The van der Waals surface area contributed by atoms with Crippen LogP contribution < -0.4 is 9.64 Å². The normalized spacial score (nSPS) is 20.1. The number of carbonyl (C=O) groups is 1. The Bertz CT molecular complexity index is 1100. The van der Waals surface area contributed by atoms with Crippen LogP contribution >= 0.6 is 0 Å². The van der Waals surface area contributed by atoms with Crippen molar-refractivity contribution in [2.45, 2.75) is 31.0 Å². The van der Waals surface area contributed by atoms with Crippen LogP contribution in [0.25, 0.3) is 0 Å². The first-order valence-electron chi connectivity index (χ1n) is 10.8. The number of benzene rings is 1. The van der Waals surface area contributed by atoms with Crippen molar-refractivity contribution in [3.8, 4) is 5.75 Å². The molecule has 1 aromatic heterocycles. The van der Waals surface area contributed by atoms with E-state index in [1.807, 2.05) is 32.0 Å². The van der Waals surface area contributed by atoms with Gasteiger partial charge in [-0.2, -0.15) is 4.31 Å². The first-order chi connectivity index (χ1) is 15.4. The van der Waals surface area contributed by atoms with Crippen molar-refractivity contribution >= 4 is 21.6 Å². The molecular weight excluding hydrogens is 446 g/mol. The summed E-state index contributed by atoms with van der Waals surface area (Å²) in [5.41, 5.74) is 1.22. The Kier molecular flexibility index (Phi) is 7.35. The molecule has 0 radical (unpaired) electrons. The van der Waals surface area contributed by atoms with Gasteiger partial charge in [-0.25, -0.2) is 13.4 Å². The number of imidazole rings is 1. The Morgan fingerprint density at radius 2 is 2.00 bits per heavy atom. The standard InChI is InChI=1S/C22H33N5O5S/c1-15-10-27(16(2)13-28)22(29)18-9-17(24(3)4)7-8-19(18)32-20(15)11-26(6)33(30,31)21-12-25(5)14-23-21/h7-9,12,14-16,20,28H,10-11,13H2,1-6H3/t15-,16-,20+/m0/s1. The third-order valence-corrected chi connectivity index (χ3v) is 7.67. The summed E-state index contributed by atoms with van der Waals surface area (Å²) in [5.74, 6) is -0.0399. The minimum absolute atomic E-state index is 0.0345. The second-order valence-electron chi connectivity index (χ2n) is 8.86. The van der Waals surface area contributed by atoms with Gasteiger partial charge in [0.1, 0.15) is 11.9 Å². The molecule has 1 aromatic carbocycles. The van der Waals surface area contributed by atoms with E-state index in [2.05, 4.69) is 4.98 Å². The average molecular weight is 480 g/mol. The number of nitrogens with zero attached hydrogens (tertiary/aromatic N) is 5. The molecule has 0 bridgehead atoms. The number of ether oxygens (including phenoxy) is 1. The van der Waals surface area contributed by atoms with Crippen LogP contribution in [0.4, 0.5) is 5.69 Å². The van der Waals surface area contributed by atoms with Crippen LogP contribution in [-0.4, -0.2) is 91.2 Å². The van der Waals surface area contributed by atoms with Crippen molar-refractivity contribution < 1.29 is 23.1 Å². The molecule has 2 heterocycles. The zero-order valence-electron chi connectivity index (χ0n) is 20.0. The maximum Gasteiger partial charge on any atom is 0.261 e. The number of aromatic nitrogens is 2. The summed E-state index contributed by atoms with van der Waals surface area (Å²) in [4.78, 5) is 20.9. The molecular formula is C22H33N5O5S. The summed E-state index contributed by atoms with van der Waals surface area (Å²) in [6.45, 7) is 3.91. The third-order valence-electron chi connectivity index (χ3n) is 5.96. The molecule has 0 fully saturated rings. The number of fused-ring (bicyclic) bond motifs is 1. The maximum atomic E-state index is 13.4. The molecule has 33 heavy (non-hydrogen) atoms. The second-order valence-corrected chi connectivity index (χ2v) is 10.9. The number of sulfonamides is 1. The van der Waals surface area contributed by atoms with Gasteiger partial charge in [0.05, 0.1) is 31.1 Å². The lowest BCUT2D eigenvalue weighted by Crippen LogP contribution is -2.50. The van der Waals surface area contributed by atoms with Crippen molar-refractivity contribution in [1.82, 2.24) is 18.8 Å². The molecule has 3 rings (SSSR count). The number of aryl methyl sites for hydroxylation is 1. The zero-order valence-corrected chi connectivity index (χ0v) is 20.8.